The van der Waals surface area contributed by atoms with Crippen LogP contribution in [0.15, 0.2) is 47.4 Å². The van der Waals surface area contributed by atoms with E-state index in [-0.39, 0.29) is 32.9 Å². The van der Waals surface area contributed by atoms with Crippen LogP contribution in [0.4, 0.5) is 0 Å². The molecule has 1 spiro atoms. The highest BCUT2D eigenvalue weighted by atomic mass is 35.5. The van der Waals surface area contributed by atoms with Gasteiger partial charge in [0.2, 0.25) is 0 Å². The number of carbonyl (C=O) groups is 1. The minimum Gasteiger partial charge on any atom is -0.379 e. The minimum absolute atomic E-state index is 0.0894. The van der Waals surface area contributed by atoms with Crippen molar-refractivity contribution >= 4 is 27.3 Å². The van der Waals surface area contributed by atoms with Gasteiger partial charge in [-0.05, 0) is 36.6 Å². The number of morpholine rings is 2. The lowest BCUT2D eigenvalue weighted by molar-refractivity contribution is -0.0377. The molecule has 1 saturated carbocycles. The quantitative estimate of drug-likeness (QED) is 0.476. The normalized spacial score (nSPS) is 21.4. The fraction of sp³-hybridized carbons (Fsp3) is 0.429. The molecule has 1 aromatic heterocycles. The number of nitrogens with zero attached hydrogens (tertiary/aromatic N) is 4. The Morgan fingerprint density at radius 1 is 1.03 bits per heavy atom. The van der Waals surface area contributed by atoms with E-state index in [4.69, 9.17) is 26.2 Å². The molecule has 2 aromatic carbocycles. The molecule has 0 N–H and O–H groups in total. The fourth-order valence-corrected chi connectivity index (χ4v) is 8.06. The zero-order valence-electron chi connectivity index (χ0n) is 21.4. The number of benzene rings is 2. The summed E-state index contributed by atoms with van der Waals surface area (Å²) in [5, 5.41) is 4.96. The van der Waals surface area contributed by atoms with Gasteiger partial charge in [-0.15, -0.1) is 0 Å². The molecule has 204 valence electrons. The maximum absolute atomic E-state index is 13.9. The van der Waals surface area contributed by atoms with Crippen LogP contribution in [0, 0.1) is 0 Å². The van der Waals surface area contributed by atoms with Gasteiger partial charge < -0.3 is 14.4 Å². The van der Waals surface area contributed by atoms with Gasteiger partial charge in [0.25, 0.3) is 5.91 Å². The first-order chi connectivity index (χ1) is 18.8. The van der Waals surface area contributed by atoms with E-state index < -0.39 is 9.84 Å². The van der Waals surface area contributed by atoms with Crippen LogP contribution in [0.5, 0.6) is 0 Å². The summed E-state index contributed by atoms with van der Waals surface area (Å²) >= 11 is 6.42. The van der Waals surface area contributed by atoms with Crippen molar-refractivity contribution in [2.75, 3.05) is 46.0 Å². The van der Waals surface area contributed by atoms with E-state index in [1.807, 2.05) is 12.1 Å². The lowest BCUT2D eigenvalue weighted by Crippen LogP contribution is -2.47. The summed E-state index contributed by atoms with van der Waals surface area (Å²) in [6.07, 6.45) is 1.86. The smallest absolute Gasteiger partial charge is 0.274 e. The summed E-state index contributed by atoms with van der Waals surface area (Å²) in [6.45, 7) is 5.51. The van der Waals surface area contributed by atoms with Crippen LogP contribution in [-0.4, -0.2) is 85.5 Å². The Hall–Kier alpha value is -2.76. The number of sulfone groups is 1. The third-order valence-electron chi connectivity index (χ3n) is 8.09. The van der Waals surface area contributed by atoms with Crippen LogP contribution < -0.4 is 0 Å². The molecular weight excluding hydrogens is 540 g/mol. The molecule has 1 amide bonds. The molecule has 11 heteroatoms. The van der Waals surface area contributed by atoms with Crippen LogP contribution >= 0.6 is 11.6 Å². The van der Waals surface area contributed by atoms with Gasteiger partial charge in [0.15, 0.2) is 15.5 Å². The van der Waals surface area contributed by atoms with E-state index >= 15 is 0 Å². The van der Waals surface area contributed by atoms with Crippen molar-refractivity contribution in [3.8, 4) is 16.9 Å². The van der Waals surface area contributed by atoms with E-state index in [2.05, 4.69) is 17.0 Å². The average molecular weight is 569 g/mol. The van der Waals surface area contributed by atoms with Crippen LogP contribution in [-0.2, 0) is 31.6 Å². The molecule has 4 aliphatic rings. The molecule has 0 radical (unpaired) electrons. The SMILES string of the molecule is O=C(c1nn(-c2ccc(CN3CCOCC3)cc2)c2c1CS(=O)(=O)c1c(Cl)cccc1-2)N1CCOC2(CC2)C1. The number of aromatic nitrogens is 2. The molecule has 0 unspecified atom stereocenters. The second-order valence-electron chi connectivity index (χ2n) is 10.8. The van der Waals surface area contributed by atoms with Crippen molar-refractivity contribution in [2.24, 2.45) is 0 Å². The van der Waals surface area contributed by atoms with Crippen LogP contribution in [0.1, 0.15) is 34.5 Å². The molecule has 1 aliphatic carbocycles. The average Bonchev–Trinajstić information content (AvgIpc) is 3.56. The summed E-state index contributed by atoms with van der Waals surface area (Å²) < 4.78 is 39.9. The first kappa shape index (κ1) is 25.2. The Bertz CT molecular complexity index is 1560. The molecular formula is C28H29ClN4O5S. The highest BCUT2D eigenvalue weighted by Gasteiger charge is 2.49. The lowest BCUT2D eigenvalue weighted by atomic mass is 10.0. The van der Waals surface area contributed by atoms with Gasteiger partial charge >= 0.3 is 0 Å². The third kappa shape index (κ3) is 4.48. The minimum atomic E-state index is -3.77. The lowest BCUT2D eigenvalue weighted by Gasteiger charge is -2.33. The number of rotatable bonds is 4. The molecule has 7 rings (SSSR count). The van der Waals surface area contributed by atoms with Crippen molar-refractivity contribution in [1.29, 1.82) is 0 Å². The third-order valence-corrected chi connectivity index (χ3v) is 10.2. The number of hydrogen-bond donors (Lipinski definition) is 0. The summed E-state index contributed by atoms with van der Waals surface area (Å²) in [5.74, 6) is -0.589. The van der Waals surface area contributed by atoms with Gasteiger partial charge in [0.05, 0.1) is 59.0 Å². The Labute approximate surface area is 232 Å². The van der Waals surface area contributed by atoms with Crippen molar-refractivity contribution in [3.05, 3.63) is 64.3 Å². The number of amides is 1. The van der Waals surface area contributed by atoms with Gasteiger partial charge in [-0.1, -0.05) is 35.9 Å². The summed E-state index contributed by atoms with van der Waals surface area (Å²) in [5.41, 5.74) is 3.32. The number of halogens is 1. The Kier molecular flexibility index (Phi) is 6.09. The predicted octanol–water partition coefficient (Wildman–Crippen LogP) is 3.32. The molecule has 39 heavy (non-hydrogen) atoms. The first-order valence-corrected chi connectivity index (χ1v) is 15.3. The van der Waals surface area contributed by atoms with Gasteiger partial charge in [0.1, 0.15) is 0 Å². The van der Waals surface area contributed by atoms with Gasteiger partial charge in [0, 0.05) is 37.3 Å². The van der Waals surface area contributed by atoms with E-state index in [0.29, 0.717) is 36.5 Å². The summed E-state index contributed by atoms with van der Waals surface area (Å²) in [7, 11) is -3.77. The summed E-state index contributed by atoms with van der Waals surface area (Å²) in [6, 6.07) is 13.1. The van der Waals surface area contributed by atoms with Crippen molar-refractivity contribution in [2.45, 2.75) is 35.6 Å². The number of carbonyl (C=O) groups excluding carboxylic acids is 1. The Morgan fingerprint density at radius 3 is 2.54 bits per heavy atom. The second-order valence-corrected chi connectivity index (χ2v) is 13.1. The van der Waals surface area contributed by atoms with E-state index in [1.54, 1.807) is 27.8 Å². The largest absolute Gasteiger partial charge is 0.379 e. The van der Waals surface area contributed by atoms with Crippen LogP contribution in [0.3, 0.4) is 0 Å². The van der Waals surface area contributed by atoms with Crippen molar-refractivity contribution < 1.29 is 22.7 Å². The zero-order chi connectivity index (χ0) is 26.8. The number of hydrogen-bond acceptors (Lipinski definition) is 7. The Balaban J connectivity index is 1.31. The van der Waals surface area contributed by atoms with E-state index in [1.165, 1.54) is 0 Å². The Morgan fingerprint density at radius 2 is 1.79 bits per heavy atom. The topological polar surface area (TPSA) is 94.0 Å². The molecule has 0 bridgehead atoms. The van der Waals surface area contributed by atoms with Gasteiger partial charge in [-0.2, -0.15) is 5.10 Å². The van der Waals surface area contributed by atoms with E-state index in [0.717, 1.165) is 56.9 Å². The van der Waals surface area contributed by atoms with E-state index in [9.17, 15) is 13.2 Å². The fourth-order valence-electron chi connectivity index (χ4n) is 5.87. The molecule has 3 fully saturated rings. The highest BCUT2D eigenvalue weighted by Crippen LogP contribution is 2.45. The summed E-state index contributed by atoms with van der Waals surface area (Å²) in [4.78, 5) is 18.1. The number of fused-ring (bicyclic) bond motifs is 3. The van der Waals surface area contributed by atoms with Crippen LogP contribution in [0.25, 0.3) is 16.9 Å². The van der Waals surface area contributed by atoms with Crippen LogP contribution in [0.2, 0.25) is 5.02 Å². The number of ether oxygens (including phenoxy) is 2. The zero-order valence-corrected chi connectivity index (χ0v) is 23.0. The molecule has 9 nitrogen and oxygen atoms in total. The second kappa shape index (κ2) is 9.42. The molecule has 0 atom stereocenters. The molecule has 3 aliphatic heterocycles. The molecule has 4 heterocycles. The molecule has 2 saturated heterocycles. The maximum atomic E-state index is 13.9. The van der Waals surface area contributed by atoms with Crippen molar-refractivity contribution in [3.63, 3.8) is 0 Å². The standard InChI is InChI=1S/C28H29ClN4O5S/c29-23-3-1-2-21-25-22(17-39(35,36)26(21)23)24(27(34)32-12-15-38-28(18-32)8-9-28)30-33(25)20-6-4-19(5-7-20)16-31-10-13-37-14-11-31/h1-7H,8-18H2. The maximum Gasteiger partial charge on any atom is 0.274 e. The van der Waals surface area contributed by atoms with Gasteiger partial charge in [-0.3, -0.25) is 9.69 Å². The van der Waals surface area contributed by atoms with Crippen molar-refractivity contribution in [1.82, 2.24) is 19.6 Å². The van der Waals surface area contributed by atoms with Gasteiger partial charge in [-0.25, -0.2) is 13.1 Å². The monoisotopic (exact) mass is 568 g/mol. The predicted molar refractivity (Wildman–Crippen MR) is 145 cm³/mol. The first-order valence-electron chi connectivity index (χ1n) is 13.3. The molecule has 3 aromatic rings. The highest BCUT2D eigenvalue weighted by molar-refractivity contribution is 7.91.